The van der Waals surface area contributed by atoms with Crippen LogP contribution in [0.2, 0.25) is 0 Å². The molecule has 0 fully saturated rings. The molecule has 0 aliphatic rings. The Kier molecular flexibility index (Phi) is 5.52. The number of benzene rings is 3. The van der Waals surface area contributed by atoms with E-state index in [2.05, 4.69) is 16.0 Å². The van der Waals surface area contributed by atoms with Crippen LogP contribution in [0, 0.1) is 13.8 Å². The largest absolute Gasteiger partial charge is 0.356 e. The lowest BCUT2D eigenvalue weighted by atomic mass is 10.1. The maximum Gasteiger partial charge on any atom is 0.314 e. The van der Waals surface area contributed by atoms with Crippen LogP contribution in [0.3, 0.4) is 0 Å². The third-order valence-corrected chi connectivity index (χ3v) is 4.26. The molecule has 0 radical (unpaired) electrons. The zero-order chi connectivity index (χ0) is 19.2. The van der Waals surface area contributed by atoms with Gasteiger partial charge in [0.25, 0.3) is 0 Å². The first-order valence-electron chi connectivity index (χ1n) is 8.63. The fraction of sp³-hybridized carbons (Fsp3) is 0.0909. The van der Waals surface area contributed by atoms with Crippen LogP contribution in [0.5, 0.6) is 0 Å². The van der Waals surface area contributed by atoms with Crippen molar-refractivity contribution < 1.29 is 9.59 Å². The minimum absolute atomic E-state index is 0.551. The molecule has 0 saturated carbocycles. The number of carbonyl (C=O) groups is 2. The Bertz CT molecular complexity index is 951. The Morgan fingerprint density at radius 3 is 1.93 bits per heavy atom. The van der Waals surface area contributed by atoms with Gasteiger partial charge < -0.3 is 16.0 Å². The van der Waals surface area contributed by atoms with E-state index in [1.165, 1.54) is 0 Å². The van der Waals surface area contributed by atoms with E-state index in [4.69, 9.17) is 0 Å². The minimum Gasteiger partial charge on any atom is -0.356 e. The predicted molar refractivity (Wildman–Crippen MR) is 109 cm³/mol. The Balaban J connectivity index is 1.60. The summed E-state index contributed by atoms with van der Waals surface area (Å²) >= 11 is 0. The molecule has 0 bridgehead atoms. The highest BCUT2D eigenvalue weighted by Crippen LogP contribution is 2.20. The molecular formula is C22H21N3O2. The molecule has 0 unspecified atom stereocenters. The van der Waals surface area contributed by atoms with Crippen molar-refractivity contribution in [3.63, 3.8) is 0 Å². The van der Waals surface area contributed by atoms with Crippen molar-refractivity contribution >= 4 is 34.6 Å². The minimum atomic E-state index is -0.709. The van der Waals surface area contributed by atoms with Crippen LogP contribution in [-0.2, 0) is 9.59 Å². The molecule has 5 heteroatoms. The lowest BCUT2D eigenvalue weighted by Crippen LogP contribution is -2.29. The number of rotatable bonds is 4. The van der Waals surface area contributed by atoms with Crippen LogP contribution in [0.4, 0.5) is 22.7 Å². The van der Waals surface area contributed by atoms with Crippen molar-refractivity contribution in [2.45, 2.75) is 13.8 Å². The van der Waals surface area contributed by atoms with Crippen LogP contribution in [0.1, 0.15) is 11.1 Å². The van der Waals surface area contributed by atoms with Crippen molar-refractivity contribution in [1.82, 2.24) is 0 Å². The highest BCUT2D eigenvalue weighted by Gasteiger charge is 2.15. The zero-order valence-electron chi connectivity index (χ0n) is 15.2. The molecule has 0 atom stereocenters. The average molecular weight is 359 g/mol. The van der Waals surface area contributed by atoms with Crippen molar-refractivity contribution in [1.29, 1.82) is 0 Å². The highest BCUT2D eigenvalue weighted by molar-refractivity contribution is 6.43. The Morgan fingerprint density at radius 1 is 0.630 bits per heavy atom. The van der Waals surface area contributed by atoms with Gasteiger partial charge in [-0.25, -0.2) is 0 Å². The summed E-state index contributed by atoms with van der Waals surface area (Å²) in [6.07, 6.45) is 0. The van der Waals surface area contributed by atoms with Crippen LogP contribution >= 0.6 is 0 Å². The van der Waals surface area contributed by atoms with Gasteiger partial charge in [-0.2, -0.15) is 0 Å². The Morgan fingerprint density at radius 2 is 1.22 bits per heavy atom. The number of anilines is 4. The smallest absolute Gasteiger partial charge is 0.314 e. The van der Waals surface area contributed by atoms with Gasteiger partial charge in [0.05, 0.1) is 0 Å². The maximum atomic E-state index is 12.2. The molecule has 136 valence electrons. The second kappa shape index (κ2) is 8.19. The topological polar surface area (TPSA) is 70.2 Å². The van der Waals surface area contributed by atoms with Gasteiger partial charge >= 0.3 is 11.8 Å². The molecule has 2 amide bonds. The summed E-state index contributed by atoms with van der Waals surface area (Å²) in [5, 5.41) is 8.52. The molecular weight excluding hydrogens is 338 g/mol. The van der Waals surface area contributed by atoms with E-state index >= 15 is 0 Å². The van der Waals surface area contributed by atoms with E-state index in [1.54, 1.807) is 18.2 Å². The second-order valence-electron chi connectivity index (χ2n) is 6.22. The van der Waals surface area contributed by atoms with Gasteiger partial charge in [-0.05, 0) is 67.4 Å². The third-order valence-electron chi connectivity index (χ3n) is 4.26. The van der Waals surface area contributed by atoms with Crippen molar-refractivity contribution in [3.05, 3.63) is 83.9 Å². The van der Waals surface area contributed by atoms with E-state index in [9.17, 15) is 9.59 Å². The number of carbonyl (C=O) groups excluding carboxylic acids is 2. The molecule has 3 aromatic rings. The number of hydrogen-bond donors (Lipinski definition) is 3. The van der Waals surface area contributed by atoms with Gasteiger partial charge in [0.1, 0.15) is 0 Å². The molecule has 0 heterocycles. The standard InChI is InChI=1S/C22H21N3O2/c1-15-7-6-10-20(16(15)2)25-22(27)21(26)24-19-13-11-18(12-14-19)23-17-8-4-3-5-9-17/h3-14,23H,1-2H3,(H,24,26)(H,25,27). The van der Waals surface area contributed by atoms with E-state index in [1.807, 2.05) is 68.4 Å². The highest BCUT2D eigenvalue weighted by atomic mass is 16.2. The van der Waals surface area contributed by atoms with Crippen molar-refractivity contribution in [3.8, 4) is 0 Å². The summed E-state index contributed by atoms with van der Waals surface area (Å²) in [5.74, 6) is -1.41. The first kappa shape index (κ1) is 18.2. The van der Waals surface area contributed by atoms with Crippen LogP contribution < -0.4 is 16.0 Å². The summed E-state index contributed by atoms with van der Waals surface area (Å²) in [6, 6.07) is 22.5. The molecule has 0 aromatic heterocycles. The third kappa shape index (κ3) is 4.73. The lowest BCUT2D eigenvalue weighted by molar-refractivity contribution is -0.133. The Labute approximate surface area is 158 Å². The van der Waals surface area contributed by atoms with E-state index < -0.39 is 11.8 Å². The van der Waals surface area contributed by atoms with Crippen molar-refractivity contribution in [2.24, 2.45) is 0 Å². The molecule has 27 heavy (non-hydrogen) atoms. The molecule has 0 spiro atoms. The fourth-order valence-corrected chi connectivity index (χ4v) is 2.58. The molecule has 3 rings (SSSR count). The zero-order valence-corrected chi connectivity index (χ0v) is 15.2. The van der Waals surface area contributed by atoms with E-state index in [0.29, 0.717) is 11.4 Å². The van der Waals surface area contributed by atoms with Gasteiger partial charge in [-0.15, -0.1) is 0 Å². The van der Waals surface area contributed by atoms with E-state index in [-0.39, 0.29) is 0 Å². The summed E-state index contributed by atoms with van der Waals surface area (Å²) in [6.45, 7) is 3.86. The molecule has 5 nitrogen and oxygen atoms in total. The number of para-hydroxylation sites is 1. The molecule has 0 aliphatic heterocycles. The predicted octanol–water partition coefficient (Wildman–Crippen LogP) is 4.62. The number of amides is 2. The number of aryl methyl sites for hydroxylation is 1. The molecule has 0 saturated heterocycles. The Hall–Kier alpha value is -3.60. The number of hydrogen-bond acceptors (Lipinski definition) is 3. The summed E-state index contributed by atoms with van der Waals surface area (Å²) in [5.41, 5.74) is 5.04. The normalized spacial score (nSPS) is 10.1. The monoisotopic (exact) mass is 359 g/mol. The second-order valence-corrected chi connectivity index (χ2v) is 6.22. The molecule has 3 N–H and O–H groups in total. The SMILES string of the molecule is Cc1cccc(NC(=O)C(=O)Nc2ccc(Nc3ccccc3)cc2)c1C. The molecule has 3 aromatic carbocycles. The number of nitrogens with one attached hydrogen (secondary N) is 3. The summed E-state index contributed by atoms with van der Waals surface area (Å²) in [7, 11) is 0. The average Bonchev–Trinajstić information content (AvgIpc) is 2.68. The van der Waals surface area contributed by atoms with Gasteiger partial charge in [0, 0.05) is 22.7 Å². The van der Waals surface area contributed by atoms with Crippen LogP contribution in [-0.4, -0.2) is 11.8 Å². The summed E-state index contributed by atoms with van der Waals surface area (Å²) in [4.78, 5) is 24.3. The van der Waals surface area contributed by atoms with Gasteiger partial charge in [-0.1, -0.05) is 30.3 Å². The van der Waals surface area contributed by atoms with Crippen LogP contribution in [0.25, 0.3) is 0 Å². The van der Waals surface area contributed by atoms with Crippen molar-refractivity contribution in [2.75, 3.05) is 16.0 Å². The summed E-state index contributed by atoms with van der Waals surface area (Å²) < 4.78 is 0. The molecule has 0 aliphatic carbocycles. The first-order valence-corrected chi connectivity index (χ1v) is 8.63. The first-order chi connectivity index (χ1) is 13.0. The maximum absolute atomic E-state index is 12.2. The van der Waals surface area contributed by atoms with Gasteiger partial charge in [0.15, 0.2) is 0 Å². The van der Waals surface area contributed by atoms with Crippen LogP contribution in [0.15, 0.2) is 72.8 Å². The lowest BCUT2D eigenvalue weighted by Gasteiger charge is -2.11. The van der Waals surface area contributed by atoms with E-state index in [0.717, 1.165) is 22.5 Å². The fourth-order valence-electron chi connectivity index (χ4n) is 2.58. The quantitative estimate of drug-likeness (QED) is 0.595. The van der Waals surface area contributed by atoms with Gasteiger partial charge in [-0.3, -0.25) is 9.59 Å². The van der Waals surface area contributed by atoms with Gasteiger partial charge in [0.2, 0.25) is 0 Å².